The topological polar surface area (TPSA) is 73.2 Å². The van der Waals surface area contributed by atoms with Crippen molar-refractivity contribution in [2.45, 2.75) is 26.0 Å². The third kappa shape index (κ3) is 3.74. The maximum absolute atomic E-state index is 12.7. The van der Waals surface area contributed by atoms with E-state index in [1.165, 1.54) is 16.7 Å². The maximum atomic E-state index is 12.7. The van der Waals surface area contributed by atoms with E-state index < -0.39 is 5.91 Å². The first-order chi connectivity index (χ1) is 12.9. The number of hydrogen-bond donors (Lipinski definition) is 1. The average Bonchev–Trinajstić information content (AvgIpc) is 2.94. The highest BCUT2D eigenvalue weighted by atomic mass is 32.2. The Balaban J connectivity index is 2.03. The third-order valence-electron chi connectivity index (χ3n) is 4.39. The lowest BCUT2D eigenvalue weighted by molar-refractivity contribution is -0.116. The second-order valence-corrected chi connectivity index (χ2v) is 7.64. The van der Waals surface area contributed by atoms with Crippen molar-refractivity contribution >= 4 is 35.0 Å². The average molecular weight is 377 g/mol. The van der Waals surface area contributed by atoms with Crippen molar-refractivity contribution in [3.63, 3.8) is 0 Å². The van der Waals surface area contributed by atoms with Crippen LogP contribution in [0.4, 0.5) is 11.4 Å². The van der Waals surface area contributed by atoms with E-state index in [0.717, 1.165) is 11.1 Å². The fourth-order valence-electron chi connectivity index (χ4n) is 2.74. The van der Waals surface area contributed by atoms with Crippen molar-refractivity contribution in [1.29, 1.82) is 5.26 Å². The summed E-state index contributed by atoms with van der Waals surface area (Å²) in [6.07, 6.45) is 0. The molecule has 1 aliphatic heterocycles. The second-order valence-electron chi connectivity index (χ2n) is 6.31. The minimum Gasteiger partial charge on any atom is -0.321 e. The number of nitrogens with zero attached hydrogens (tertiary/aromatic N) is 2. The molecule has 0 radical (unpaired) electrons. The molecular formula is C21H19N3O2S. The van der Waals surface area contributed by atoms with Crippen LogP contribution in [0.15, 0.2) is 59.1 Å². The minimum atomic E-state index is -0.526. The molecule has 0 saturated carbocycles. The van der Waals surface area contributed by atoms with Crippen molar-refractivity contribution in [1.82, 2.24) is 0 Å². The van der Waals surface area contributed by atoms with E-state index in [-0.39, 0.29) is 16.7 Å². The molecular weight excluding hydrogens is 358 g/mol. The summed E-state index contributed by atoms with van der Waals surface area (Å²) >= 11 is 1.23. The number of amides is 2. The number of hydrogen-bond acceptors (Lipinski definition) is 4. The van der Waals surface area contributed by atoms with Gasteiger partial charge in [0.05, 0.1) is 5.25 Å². The predicted octanol–water partition coefficient (Wildman–Crippen LogP) is 4.15. The minimum absolute atomic E-state index is 0.0696. The molecule has 5 nitrogen and oxygen atoms in total. The summed E-state index contributed by atoms with van der Waals surface area (Å²) in [5, 5.41) is 12.4. The Bertz CT molecular complexity index is 977. The van der Waals surface area contributed by atoms with Crippen LogP contribution in [-0.2, 0) is 9.59 Å². The number of thioether (sulfide) groups is 1. The summed E-state index contributed by atoms with van der Waals surface area (Å²) in [4.78, 5) is 26.9. The molecule has 1 heterocycles. The number of para-hydroxylation sites is 1. The lowest BCUT2D eigenvalue weighted by atomic mass is 10.1. The van der Waals surface area contributed by atoms with Crippen molar-refractivity contribution in [3.05, 3.63) is 70.3 Å². The van der Waals surface area contributed by atoms with Crippen LogP contribution in [-0.4, -0.2) is 17.1 Å². The van der Waals surface area contributed by atoms with Gasteiger partial charge in [-0.15, -0.1) is 0 Å². The van der Waals surface area contributed by atoms with Gasteiger partial charge < -0.3 is 5.32 Å². The molecule has 1 aliphatic rings. The van der Waals surface area contributed by atoms with Crippen LogP contribution in [0.2, 0.25) is 0 Å². The molecule has 1 unspecified atom stereocenters. The summed E-state index contributed by atoms with van der Waals surface area (Å²) in [6.45, 7) is 5.73. The summed E-state index contributed by atoms with van der Waals surface area (Å²) in [6, 6.07) is 16.6. The van der Waals surface area contributed by atoms with E-state index in [2.05, 4.69) is 5.32 Å². The van der Waals surface area contributed by atoms with Gasteiger partial charge in [-0.2, -0.15) is 5.26 Å². The summed E-state index contributed by atoms with van der Waals surface area (Å²) in [5.74, 6) is -0.666. The molecule has 0 aliphatic carbocycles. The Hall–Kier alpha value is -3.04. The molecule has 27 heavy (non-hydrogen) atoms. The molecule has 1 fully saturated rings. The highest BCUT2D eigenvalue weighted by molar-refractivity contribution is 8.05. The molecule has 136 valence electrons. The SMILES string of the molecule is Cc1ccc(N2C(=O)C(C)S/C2=C(/C#N)C(=O)Nc2ccccc2)cc1C. The quantitative estimate of drug-likeness (QED) is 0.644. The largest absolute Gasteiger partial charge is 0.321 e. The van der Waals surface area contributed by atoms with Gasteiger partial charge in [0.1, 0.15) is 16.7 Å². The molecule has 2 aromatic rings. The fraction of sp³-hybridized carbons (Fsp3) is 0.190. The number of anilines is 2. The number of nitrogens with one attached hydrogen (secondary N) is 1. The Morgan fingerprint density at radius 2 is 1.85 bits per heavy atom. The molecule has 1 saturated heterocycles. The predicted molar refractivity (Wildman–Crippen MR) is 108 cm³/mol. The normalized spacial score (nSPS) is 18.2. The number of nitriles is 1. The van der Waals surface area contributed by atoms with Gasteiger partial charge in [0.15, 0.2) is 0 Å². The number of aryl methyl sites for hydroxylation is 2. The highest BCUT2D eigenvalue weighted by Gasteiger charge is 2.38. The van der Waals surface area contributed by atoms with Crippen LogP contribution >= 0.6 is 11.8 Å². The van der Waals surface area contributed by atoms with E-state index >= 15 is 0 Å². The molecule has 0 bridgehead atoms. The maximum Gasteiger partial charge on any atom is 0.269 e. The Kier molecular flexibility index (Phi) is 5.33. The fourth-order valence-corrected chi connectivity index (χ4v) is 3.84. The van der Waals surface area contributed by atoms with Crippen molar-refractivity contribution in [3.8, 4) is 6.07 Å². The van der Waals surface area contributed by atoms with Crippen LogP contribution in [0.1, 0.15) is 18.1 Å². The number of benzene rings is 2. The van der Waals surface area contributed by atoms with Gasteiger partial charge in [-0.05, 0) is 56.2 Å². The monoisotopic (exact) mass is 377 g/mol. The molecule has 0 aromatic heterocycles. The molecule has 2 aromatic carbocycles. The summed E-state index contributed by atoms with van der Waals surface area (Å²) in [7, 11) is 0. The standard InChI is InChI=1S/C21H19N3O2S/c1-13-9-10-17(11-14(13)2)24-20(26)15(3)27-21(24)18(12-22)19(25)23-16-7-5-4-6-8-16/h4-11,15H,1-3H3,(H,23,25)/b21-18-. The van der Waals surface area contributed by atoms with Crippen molar-refractivity contribution in [2.75, 3.05) is 10.2 Å². The molecule has 0 spiro atoms. The van der Waals surface area contributed by atoms with E-state index in [1.807, 2.05) is 44.2 Å². The van der Waals surface area contributed by atoms with Crippen LogP contribution in [0.25, 0.3) is 0 Å². The molecule has 1 N–H and O–H groups in total. The summed E-state index contributed by atoms with van der Waals surface area (Å²) < 4.78 is 0. The smallest absolute Gasteiger partial charge is 0.269 e. The Morgan fingerprint density at radius 3 is 2.48 bits per heavy atom. The van der Waals surface area contributed by atoms with Gasteiger partial charge in [-0.3, -0.25) is 14.5 Å². The molecule has 6 heteroatoms. The lowest BCUT2D eigenvalue weighted by Crippen LogP contribution is -2.29. The van der Waals surface area contributed by atoms with E-state index in [1.54, 1.807) is 31.2 Å². The summed E-state index contributed by atoms with van der Waals surface area (Å²) in [5.41, 5.74) is 3.33. The highest BCUT2D eigenvalue weighted by Crippen LogP contribution is 2.40. The number of rotatable bonds is 3. The zero-order valence-corrected chi connectivity index (χ0v) is 16.1. The van der Waals surface area contributed by atoms with Crippen LogP contribution < -0.4 is 10.2 Å². The van der Waals surface area contributed by atoms with Crippen LogP contribution in [0.3, 0.4) is 0 Å². The first-order valence-corrected chi connectivity index (χ1v) is 9.39. The zero-order valence-electron chi connectivity index (χ0n) is 15.3. The van der Waals surface area contributed by atoms with E-state index in [4.69, 9.17) is 0 Å². The zero-order chi connectivity index (χ0) is 19.6. The van der Waals surface area contributed by atoms with Gasteiger partial charge in [0.2, 0.25) is 5.91 Å². The van der Waals surface area contributed by atoms with Gasteiger partial charge in [-0.1, -0.05) is 36.0 Å². The molecule has 1 atom stereocenters. The second kappa shape index (κ2) is 7.68. The molecule has 2 amide bonds. The first-order valence-electron chi connectivity index (χ1n) is 8.51. The van der Waals surface area contributed by atoms with Gasteiger partial charge in [-0.25, -0.2) is 0 Å². The Labute approximate surface area is 162 Å². The number of carbonyl (C=O) groups excluding carboxylic acids is 2. The van der Waals surface area contributed by atoms with Crippen LogP contribution in [0.5, 0.6) is 0 Å². The Morgan fingerprint density at radius 1 is 1.15 bits per heavy atom. The molecule has 3 rings (SSSR count). The van der Waals surface area contributed by atoms with Crippen LogP contribution in [0, 0.1) is 25.2 Å². The van der Waals surface area contributed by atoms with Crippen molar-refractivity contribution in [2.24, 2.45) is 0 Å². The van der Waals surface area contributed by atoms with E-state index in [9.17, 15) is 14.9 Å². The number of carbonyl (C=O) groups is 2. The van der Waals surface area contributed by atoms with Crippen molar-refractivity contribution < 1.29 is 9.59 Å². The first kappa shape index (κ1) is 18.7. The third-order valence-corrected chi connectivity index (χ3v) is 5.56. The van der Waals surface area contributed by atoms with Gasteiger partial charge in [0.25, 0.3) is 5.91 Å². The lowest BCUT2D eigenvalue weighted by Gasteiger charge is -2.19. The van der Waals surface area contributed by atoms with Gasteiger partial charge in [0, 0.05) is 11.4 Å². The van der Waals surface area contributed by atoms with E-state index in [0.29, 0.717) is 16.4 Å². The van der Waals surface area contributed by atoms with Gasteiger partial charge >= 0.3 is 0 Å².